The molecule has 1 aromatic rings. The number of halogens is 1. The molecular weight excluding hydrogens is 193 g/mol. The van der Waals surface area contributed by atoms with E-state index in [1.54, 1.807) is 6.07 Å². The standard InChI is InChI=1S/C12H18FNO/c1-3-9(2)15-8-12(14)10-5-4-6-11(13)7-10/h4-7,9,12H,3,8,14H2,1-2H3. The van der Waals surface area contributed by atoms with E-state index in [0.717, 1.165) is 12.0 Å². The van der Waals surface area contributed by atoms with Crippen molar-refractivity contribution in [3.63, 3.8) is 0 Å². The Bertz CT molecular complexity index is 303. The molecule has 2 unspecified atom stereocenters. The molecule has 3 heteroatoms. The minimum Gasteiger partial charge on any atom is -0.377 e. The van der Waals surface area contributed by atoms with Crippen molar-refractivity contribution in [2.75, 3.05) is 6.61 Å². The lowest BCUT2D eigenvalue weighted by molar-refractivity contribution is 0.0539. The van der Waals surface area contributed by atoms with Crippen LogP contribution in [0.1, 0.15) is 31.9 Å². The summed E-state index contributed by atoms with van der Waals surface area (Å²) in [5.41, 5.74) is 6.65. The van der Waals surface area contributed by atoms with Crippen LogP contribution in [0.3, 0.4) is 0 Å². The number of benzene rings is 1. The highest BCUT2D eigenvalue weighted by atomic mass is 19.1. The maximum absolute atomic E-state index is 12.9. The van der Waals surface area contributed by atoms with E-state index in [1.807, 2.05) is 13.0 Å². The van der Waals surface area contributed by atoms with Crippen LogP contribution in [0.2, 0.25) is 0 Å². The summed E-state index contributed by atoms with van der Waals surface area (Å²) >= 11 is 0. The van der Waals surface area contributed by atoms with Crippen LogP contribution >= 0.6 is 0 Å². The predicted molar refractivity (Wildman–Crippen MR) is 59.0 cm³/mol. The number of nitrogens with two attached hydrogens (primary N) is 1. The monoisotopic (exact) mass is 211 g/mol. The zero-order valence-corrected chi connectivity index (χ0v) is 9.24. The topological polar surface area (TPSA) is 35.2 Å². The third-order valence-electron chi connectivity index (χ3n) is 2.41. The largest absolute Gasteiger partial charge is 0.377 e. The van der Waals surface area contributed by atoms with Crippen LogP contribution in [0, 0.1) is 5.82 Å². The van der Waals surface area contributed by atoms with Crippen molar-refractivity contribution in [2.24, 2.45) is 5.73 Å². The van der Waals surface area contributed by atoms with Gasteiger partial charge in [-0.25, -0.2) is 4.39 Å². The van der Waals surface area contributed by atoms with Gasteiger partial charge in [-0.15, -0.1) is 0 Å². The Labute approximate surface area is 90.2 Å². The van der Waals surface area contributed by atoms with Crippen LogP contribution in [0.4, 0.5) is 4.39 Å². The molecule has 0 radical (unpaired) electrons. The zero-order valence-electron chi connectivity index (χ0n) is 9.24. The first-order valence-corrected chi connectivity index (χ1v) is 5.26. The molecule has 1 aromatic carbocycles. The molecule has 0 aromatic heterocycles. The summed E-state index contributed by atoms with van der Waals surface area (Å²) in [6.07, 6.45) is 1.15. The van der Waals surface area contributed by atoms with Gasteiger partial charge in [-0.1, -0.05) is 19.1 Å². The summed E-state index contributed by atoms with van der Waals surface area (Å²) in [5, 5.41) is 0. The second-order valence-corrected chi connectivity index (χ2v) is 3.71. The predicted octanol–water partition coefficient (Wildman–Crippen LogP) is 2.64. The third kappa shape index (κ3) is 3.98. The lowest BCUT2D eigenvalue weighted by Gasteiger charge is -2.16. The van der Waals surface area contributed by atoms with Crippen molar-refractivity contribution in [3.8, 4) is 0 Å². The van der Waals surface area contributed by atoms with Gasteiger partial charge in [0.15, 0.2) is 0 Å². The smallest absolute Gasteiger partial charge is 0.123 e. The number of hydrogen-bond donors (Lipinski definition) is 1. The quantitative estimate of drug-likeness (QED) is 0.812. The van der Waals surface area contributed by atoms with Crippen molar-refractivity contribution < 1.29 is 9.13 Å². The number of rotatable bonds is 5. The zero-order chi connectivity index (χ0) is 11.3. The van der Waals surface area contributed by atoms with E-state index < -0.39 is 0 Å². The van der Waals surface area contributed by atoms with E-state index in [0.29, 0.717) is 6.61 Å². The van der Waals surface area contributed by atoms with Gasteiger partial charge in [0.25, 0.3) is 0 Å². The second-order valence-electron chi connectivity index (χ2n) is 3.71. The van der Waals surface area contributed by atoms with Gasteiger partial charge >= 0.3 is 0 Å². The molecule has 0 amide bonds. The van der Waals surface area contributed by atoms with Crippen LogP contribution in [-0.2, 0) is 4.74 Å². The minimum absolute atomic E-state index is 0.199. The van der Waals surface area contributed by atoms with E-state index in [-0.39, 0.29) is 18.0 Å². The van der Waals surface area contributed by atoms with Crippen LogP contribution in [0.5, 0.6) is 0 Å². The number of hydrogen-bond acceptors (Lipinski definition) is 2. The molecule has 0 saturated heterocycles. The summed E-state index contributed by atoms with van der Waals surface area (Å²) < 4.78 is 18.4. The molecule has 0 aliphatic heterocycles. The first kappa shape index (κ1) is 12.1. The van der Waals surface area contributed by atoms with Crippen molar-refractivity contribution in [1.29, 1.82) is 0 Å². The van der Waals surface area contributed by atoms with Crippen LogP contribution < -0.4 is 5.73 Å². The highest BCUT2D eigenvalue weighted by Crippen LogP contribution is 2.13. The van der Waals surface area contributed by atoms with E-state index in [1.165, 1.54) is 12.1 Å². The first-order valence-electron chi connectivity index (χ1n) is 5.26. The molecule has 1 rings (SSSR count). The third-order valence-corrected chi connectivity index (χ3v) is 2.41. The Morgan fingerprint density at radius 2 is 2.20 bits per heavy atom. The Morgan fingerprint density at radius 3 is 2.80 bits per heavy atom. The maximum Gasteiger partial charge on any atom is 0.123 e. The van der Waals surface area contributed by atoms with Crippen LogP contribution in [-0.4, -0.2) is 12.7 Å². The Hall–Kier alpha value is -0.930. The molecule has 0 aliphatic carbocycles. The minimum atomic E-state index is -0.258. The number of ether oxygens (including phenoxy) is 1. The Morgan fingerprint density at radius 1 is 1.47 bits per heavy atom. The van der Waals surface area contributed by atoms with Gasteiger partial charge in [-0.05, 0) is 31.0 Å². The summed E-state index contributed by atoms with van der Waals surface area (Å²) in [4.78, 5) is 0. The van der Waals surface area contributed by atoms with Crippen molar-refractivity contribution in [3.05, 3.63) is 35.6 Å². The normalized spacial score (nSPS) is 14.9. The van der Waals surface area contributed by atoms with Gasteiger partial charge in [-0.2, -0.15) is 0 Å². The fourth-order valence-electron chi connectivity index (χ4n) is 1.22. The Balaban J connectivity index is 2.50. The molecule has 0 heterocycles. The van der Waals surface area contributed by atoms with E-state index in [4.69, 9.17) is 10.5 Å². The average molecular weight is 211 g/mol. The molecule has 0 fully saturated rings. The molecule has 2 nitrogen and oxygen atoms in total. The Kier molecular flexibility index (Phi) is 4.72. The van der Waals surface area contributed by atoms with Crippen molar-refractivity contribution in [2.45, 2.75) is 32.4 Å². The molecule has 15 heavy (non-hydrogen) atoms. The summed E-state index contributed by atoms with van der Waals surface area (Å²) in [5.74, 6) is -0.258. The highest BCUT2D eigenvalue weighted by molar-refractivity contribution is 5.19. The van der Waals surface area contributed by atoms with Crippen LogP contribution in [0.25, 0.3) is 0 Å². The van der Waals surface area contributed by atoms with E-state index >= 15 is 0 Å². The van der Waals surface area contributed by atoms with Crippen molar-refractivity contribution >= 4 is 0 Å². The lowest BCUT2D eigenvalue weighted by Crippen LogP contribution is -2.20. The lowest BCUT2D eigenvalue weighted by atomic mass is 10.1. The van der Waals surface area contributed by atoms with Gasteiger partial charge in [0.2, 0.25) is 0 Å². The molecule has 2 atom stereocenters. The average Bonchev–Trinajstić information content (AvgIpc) is 2.25. The SMILES string of the molecule is CCC(C)OCC(N)c1cccc(F)c1. The highest BCUT2D eigenvalue weighted by Gasteiger charge is 2.08. The second kappa shape index (κ2) is 5.83. The molecule has 0 aliphatic rings. The molecule has 2 N–H and O–H groups in total. The molecule has 0 bridgehead atoms. The summed E-state index contributed by atoms with van der Waals surface area (Å²) in [7, 11) is 0. The van der Waals surface area contributed by atoms with Gasteiger partial charge in [-0.3, -0.25) is 0 Å². The van der Waals surface area contributed by atoms with Crippen LogP contribution in [0.15, 0.2) is 24.3 Å². The van der Waals surface area contributed by atoms with Gasteiger partial charge < -0.3 is 10.5 Å². The summed E-state index contributed by atoms with van der Waals surface area (Å²) in [6.45, 7) is 4.48. The molecule has 0 spiro atoms. The van der Waals surface area contributed by atoms with Gasteiger partial charge in [0, 0.05) is 0 Å². The van der Waals surface area contributed by atoms with Gasteiger partial charge in [0.1, 0.15) is 5.82 Å². The molecule has 0 saturated carbocycles. The first-order chi connectivity index (χ1) is 7.13. The van der Waals surface area contributed by atoms with Crippen molar-refractivity contribution in [1.82, 2.24) is 0 Å². The van der Waals surface area contributed by atoms with Gasteiger partial charge in [0.05, 0.1) is 18.8 Å². The maximum atomic E-state index is 12.9. The molecule has 84 valence electrons. The fourth-order valence-corrected chi connectivity index (χ4v) is 1.22. The van der Waals surface area contributed by atoms with E-state index in [9.17, 15) is 4.39 Å². The molecular formula is C12H18FNO. The fraction of sp³-hybridized carbons (Fsp3) is 0.500. The van der Waals surface area contributed by atoms with E-state index in [2.05, 4.69) is 6.92 Å². The summed E-state index contributed by atoms with van der Waals surface area (Å²) in [6, 6.07) is 6.08.